The molecule has 3 aromatic rings. The summed E-state index contributed by atoms with van der Waals surface area (Å²) in [6, 6.07) is 11.1. The Morgan fingerprint density at radius 3 is 2.47 bits per heavy atom. The van der Waals surface area contributed by atoms with E-state index < -0.39 is 0 Å². The third kappa shape index (κ3) is 4.98. The van der Waals surface area contributed by atoms with E-state index in [4.69, 9.17) is 4.98 Å². The number of nitrogens with one attached hydrogen (secondary N) is 2. The van der Waals surface area contributed by atoms with Gasteiger partial charge in [-0.3, -0.25) is 14.5 Å². The fourth-order valence-corrected chi connectivity index (χ4v) is 4.14. The standard InChI is InChI=1S/C25H31N5O2/c1-16(2)14-15-30(24(32)19-6-4-5-7-19)22-13-12-21-23(28-22)29-25(27-21)26-20-10-8-18(9-11-20)17(3)31/h8-13,16,19H,4-7,14-15H2,1-3H3,(H2,26,27,28,29). The van der Waals surface area contributed by atoms with Gasteiger partial charge in [0.05, 0.1) is 5.52 Å². The van der Waals surface area contributed by atoms with E-state index in [1.165, 1.54) is 0 Å². The molecule has 2 aromatic heterocycles. The predicted molar refractivity (Wildman–Crippen MR) is 127 cm³/mol. The third-order valence-electron chi connectivity index (χ3n) is 6.06. The first-order valence-corrected chi connectivity index (χ1v) is 11.5. The summed E-state index contributed by atoms with van der Waals surface area (Å²) in [6.45, 7) is 6.56. The van der Waals surface area contributed by atoms with Gasteiger partial charge >= 0.3 is 0 Å². The number of nitrogens with zero attached hydrogens (tertiary/aromatic N) is 3. The van der Waals surface area contributed by atoms with Crippen LogP contribution in [0.25, 0.3) is 11.2 Å². The summed E-state index contributed by atoms with van der Waals surface area (Å²) in [6.07, 6.45) is 5.13. The lowest BCUT2D eigenvalue weighted by atomic mass is 10.1. The van der Waals surface area contributed by atoms with Crippen LogP contribution in [0.2, 0.25) is 0 Å². The number of H-pyrrole nitrogens is 1. The maximum Gasteiger partial charge on any atom is 0.231 e. The Hall–Kier alpha value is -3.22. The van der Waals surface area contributed by atoms with Crippen molar-refractivity contribution in [2.75, 3.05) is 16.8 Å². The Balaban J connectivity index is 1.56. The highest BCUT2D eigenvalue weighted by Crippen LogP contribution is 2.29. The molecule has 1 aromatic carbocycles. The molecule has 2 N–H and O–H groups in total. The second kappa shape index (κ2) is 9.51. The molecule has 2 heterocycles. The molecule has 0 saturated heterocycles. The maximum atomic E-state index is 13.2. The third-order valence-corrected chi connectivity index (χ3v) is 6.06. The molecule has 0 bridgehead atoms. The molecule has 7 heteroatoms. The average molecular weight is 434 g/mol. The van der Waals surface area contributed by atoms with Crippen molar-refractivity contribution in [3.05, 3.63) is 42.0 Å². The summed E-state index contributed by atoms with van der Waals surface area (Å²) in [5, 5.41) is 3.22. The fourth-order valence-electron chi connectivity index (χ4n) is 4.14. The van der Waals surface area contributed by atoms with Crippen LogP contribution in [0.5, 0.6) is 0 Å². The summed E-state index contributed by atoms with van der Waals surface area (Å²) in [5.74, 6) is 2.07. The van der Waals surface area contributed by atoms with Crippen molar-refractivity contribution in [1.29, 1.82) is 0 Å². The first kappa shape index (κ1) is 22.0. The zero-order valence-corrected chi connectivity index (χ0v) is 19.0. The van der Waals surface area contributed by atoms with Gasteiger partial charge in [0.15, 0.2) is 11.4 Å². The van der Waals surface area contributed by atoms with Crippen molar-refractivity contribution in [1.82, 2.24) is 15.0 Å². The minimum Gasteiger partial charge on any atom is -0.326 e. The van der Waals surface area contributed by atoms with Crippen molar-refractivity contribution >= 4 is 40.3 Å². The molecule has 0 unspecified atom stereocenters. The number of anilines is 3. The Bertz CT molecular complexity index is 1100. The maximum absolute atomic E-state index is 13.2. The normalized spacial score (nSPS) is 14.2. The highest BCUT2D eigenvalue weighted by Gasteiger charge is 2.29. The molecule has 1 fully saturated rings. The van der Waals surface area contributed by atoms with Crippen LogP contribution in [0.1, 0.15) is 63.2 Å². The van der Waals surface area contributed by atoms with E-state index in [2.05, 4.69) is 29.1 Å². The summed E-state index contributed by atoms with van der Waals surface area (Å²) in [7, 11) is 0. The van der Waals surface area contributed by atoms with Crippen LogP contribution in [-0.2, 0) is 4.79 Å². The van der Waals surface area contributed by atoms with E-state index in [0.29, 0.717) is 35.4 Å². The molecule has 0 atom stereocenters. The van der Waals surface area contributed by atoms with Gasteiger partial charge in [-0.1, -0.05) is 26.7 Å². The number of ketones is 1. The predicted octanol–water partition coefficient (Wildman–Crippen LogP) is 5.47. The van der Waals surface area contributed by atoms with Crippen LogP contribution in [0.15, 0.2) is 36.4 Å². The number of imidazole rings is 1. The van der Waals surface area contributed by atoms with Gasteiger partial charge in [0, 0.05) is 23.7 Å². The van der Waals surface area contributed by atoms with Gasteiger partial charge in [0.1, 0.15) is 5.82 Å². The summed E-state index contributed by atoms with van der Waals surface area (Å²) in [4.78, 5) is 39.1. The molecule has 1 aliphatic carbocycles. The first-order chi connectivity index (χ1) is 15.4. The molecule has 0 spiro atoms. The van der Waals surface area contributed by atoms with E-state index in [-0.39, 0.29) is 17.6 Å². The Morgan fingerprint density at radius 1 is 1.09 bits per heavy atom. The van der Waals surface area contributed by atoms with Crippen LogP contribution >= 0.6 is 0 Å². The van der Waals surface area contributed by atoms with Crippen molar-refractivity contribution in [2.24, 2.45) is 11.8 Å². The summed E-state index contributed by atoms with van der Waals surface area (Å²) >= 11 is 0. The molecular weight excluding hydrogens is 402 g/mol. The molecule has 1 amide bonds. The van der Waals surface area contributed by atoms with Crippen molar-refractivity contribution in [3.63, 3.8) is 0 Å². The zero-order valence-electron chi connectivity index (χ0n) is 19.0. The molecule has 1 saturated carbocycles. The minimum atomic E-state index is 0.0335. The van der Waals surface area contributed by atoms with Gasteiger partial charge in [0.2, 0.25) is 11.9 Å². The lowest BCUT2D eigenvalue weighted by Crippen LogP contribution is -2.37. The topological polar surface area (TPSA) is 91.0 Å². The van der Waals surface area contributed by atoms with Crippen molar-refractivity contribution < 1.29 is 9.59 Å². The zero-order chi connectivity index (χ0) is 22.7. The van der Waals surface area contributed by atoms with Gasteiger partial charge in [-0.05, 0) is 68.5 Å². The molecule has 0 radical (unpaired) electrons. The van der Waals surface area contributed by atoms with Gasteiger partial charge in [-0.15, -0.1) is 0 Å². The van der Waals surface area contributed by atoms with E-state index >= 15 is 0 Å². The Kier molecular flexibility index (Phi) is 6.53. The lowest BCUT2D eigenvalue weighted by molar-refractivity contribution is -0.122. The summed E-state index contributed by atoms with van der Waals surface area (Å²) in [5.41, 5.74) is 2.86. The minimum absolute atomic E-state index is 0.0335. The number of aromatic nitrogens is 3. The molecule has 1 aliphatic rings. The molecule has 4 rings (SSSR count). The van der Waals surface area contributed by atoms with Crippen molar-refractivity contribution in [2.45, 2.75) is 52.9 Å². The fraction of sp³-hybridized carbons (Fsp3) is 0.440. The SMILES string of the molecule is CC(=O)c1ccc(Nc2nc3nc(N(CCC(C)C)C(=O)C4CCCC4)ccc3[nH]2)cc1. The molecule has 7 nitrogen and oxygen atoms in total. The van der Waals surface area contributed by atoms with Crippen LogP contribution in [0.3, 0.4) is 0 Å². The van der Waals surface area contributed by atoms with Crippen molar-refractivity contribution in [3.8, 4) is 0 Å². The van der Waals surface area contributed by atoms with E-state index in [1.807, 2.05) is 29.2 Å². The molecule has 32 heavy (non-hydrogen) atoms. The highest BCUT2D eigenvalue weighted by molar-refractivity contribution is 5.95. The van der Waals surface area contributed by atoms with Crippen LogP contribution in [0, 0.1) is 11.8 Å². The molecule has 168 valence electrons. The highest BCUT2D eigenvalue weighted by atomic mass is 16.2. The number of benzene rings is 1. The number of hydrogen-bond acceptors (Lipinski definition) is 5. The lowest BCUT2D eigenvalue weighted by Gasteiger charge is -2.25. The number of fused-ring (bicyclic) bond motifs is 1. The number of aromatic amines is 1. The molecular formula is C25H31N5O2. The monoisotopic (exact) mass is 433 g/mol. The van der Waals surface area contributed by atoms with Gasteiger partial charge < -0.3 is 10.3 Å². The number of carbonyl (C=O) groups is 2. The first-order valence-electron chi connectivity index (χ1n) is 11.5. The van der Waals surface area contributed by atoms with E-state index in [9.17, 15) is 9.59 Å². The Morgan fingerprint density at radius 2 is 1.81 bits per heavy atom. The Labute approximate surface area is 188 Å². The number of hydrogen-bond donors (Lipinski definition) is 2. The van der Waals surface area contributed by atoms with Crippen LogP contribution in [0.4, 0.5) is 17.5 Å². The van der Waals surface area contributed by atoms with Gasteiger partial charge in [-0.25, -0.2) is 4.98 Å². The number of carbonyl (C=O) groups excluding carboxylic acids is 2. The summed E-state index contributed by atoms with van der Waals surface area (Å²) < 4.78 is 0. The van der Waals surface area contributed by atoms with Gasteiger partial charge in [-0.2, -0.15) is 4.98 Å². The van der Waals surface area contributed by atoms with Crippen LogP contribution < -0.4 is 10.2 Å². The number of pyridine rings is 1. The van der Waals surface area contributed by atoms with Gasteiger partial charge in [0.25, 0.3) is 0 Å². The second-order valence-electron chi connectivity index (χ2n) is 9.04. The number of amides is 1. The second-order valence-corrected chi connectivity index (χ2v) is 9.04. The molecule has 0 aliphatic heterocycles. The van der Waals surface area contributed by atoms with E-state index in [1.54, 1.807) is 19.1 Å². The number of Topliss-reactive ketones (excluding diaryl/α,β-unsaturated/α-hetero) is 1. The largest absolute Gasteiger partial charge is 0.326 e. The van der Waals surface area contributed by atoms with E-state index in [0.717, 1.165) is 43.3 Å². The average Bonchev–Trinajstić information content (AvgIpc) is 3.43. The smallest absolute Gasteiger partial charge is 0.231 e. The van der Waals surface area contributed by atoms with Crippen LogP contribution in [-0.4, -0.2) is 33.2 Å². The number of rotatable bonds is 8. The quantitative estimate of drug-likeness (QED) is 0.460.